The van der Waals surface area contributed by atoms with Crippen LogP contribution in [0.3, 0.4) is 0 Å². The van der Waals surface area contributed by atoms with Crippen molar-refractivity contribution < 1.29 is 0 Å². The van der Waals surface area contributed by atoms with Crippen molar-refractivity contribution in [3.8, 4) is 6.07 Å². The Kier molecular flexibility index (Phi) is 5.10. The summed E-state index contributed by atoms with van der Waals surface area (Å²) in [6.45, 7) is 2.24. The minimum Gasteiger partial charge on any atom is -0.295 e. The molecule has 1 aromatic carbocycles. The van der Waals surface area contributed by atoms with Crippen LogP contribution in [-0.2, 0) is 0 Å². The Bertz CT molecular complexity index is 482. The topological polar surface area (TPSA) is 35.8 Å². The Balaban J connectivity index is 2.14. The second-order valence-corrected chi connectivity index (χ2v) is 6.11. The van der Waals surface area contributed by atoms with Crippen molar-refractivity contribution in [2.75, 3.05) is 0 Å². The lowest BCUT2D eigenvalue weighted by Gasteiger charge is -2.31. The van der Waals surface area contributed by atoms with Gasteiger partial charge in [0.2, 0.25) is 0 Å². The molecule has 1 aromatic rings. The maximum atomic E-state index is 9.39. The third-order valence-electron chi connectivity index (χ3n) is 3.89. The molecule has 2 nitrogen and oxygen atoms in total. The first-order valence-electron chi connectivity index (χ1n) is 6.72. The number of rotatable bonds is 3. The predicted octanol–water partition coefficient (Wildman–Crippen LogP) is 4.73. The van der Waals surface area contributed by atoms with E-state index in [1.165, 1.54) is 19.3 Å². The van der Waals surface area contributed by atoms with E-state index >= 15 is 0 Å². The van der Waals surface area contributed by atoms with Gasteiger partial charge in [0, 0.05) is 21.7 Å². The van der Waals surface area contributed by atoms with E-state index in [-0.39, 0.29) is 6.04 Å². The molecule has 3 unspecified atom stereocenters. The largest absolute Gasteiger partial charge is 0.295 e. The van der Waals surface area contributed by atoms with Gasteiger partial charge in [-0.3, -0.25) is 5.32 Å². The van der Waals surface area contributed by atoms with Crippen LogP contribution in [-0.4, -0.2) is 6.04 Å². The number of halogens is 2. The van der Waals surface area contributed by atoms with Crippen molar-refractivity contribution in [2.24, 2.45) is 5.92 Å². The molecule has 4 heteroatoms. The van der Waals surface area contributed by atoms with Crippen molar-refractivity contribution in [2.45, 2.75) is 44.7 Å². The molecular formula is C15H18Cl2N2. The highest BCUT2D eigenvalue weighted by atomic mass is 35.5. The first-order valence-corrected chi connectivity index (χ1v) is 7.48. The standard InChI is InChI=1S/C15H18Cl2N2/c1-10-4-2-3-5-14(10)19-15(9-18)12-7-6-11(16)8-13(12)17/h6-8,10,14-15,19H,2-5H2,1H3. The molecule has 1 saturated carbocycles. The number of hydrogen-bond acceptors (Lipinski definition) is 2. The summed E-state index contributed by atoms with van der Waals surface area (Å²) in [5, 5.41) is 14.0. The van der Waals surface area contributed by atoms with E-state index in [0.29, 0.717) is 22.0 Å². The fourth-order valence-electron chi connectivity index (χ4n) is 2.71. The van der Waals surface area contributed by atoms with Crippen LogP contribution in [0.2, 0.25) is 10.0 Å². The Morgan fingerprint density at radius 3 is 2.68 bits per heavy atom. The maximum absolute atomic E-state index is 9.39. The number of hydrogen-bond donors (Lipinski definition) is 1. The SMILES string of the molecule is CC1CCCCC1NC(C#N)c1ccc(Cl)cc1Cl. The molecule has 0 aliphatic heterocycles. The van der Waals surface area contributed by atoms with Crippen LogP contribution in [0, 0.1) is 17.2 Å². The lowest BCUT2D eigenvalue weighted by molar-refractivity contribution is 0.271. The quantitative estimate of drug-likeness (QED) is 0.875. The number of benzene rings is 1. The van der Waals surface area contributed by atoms with Gasteiger partial charge in [-0.1, -0.05) is 49.0 Å². The van der Waals surface area contributed by atoms with Crippen LogP contribution < -0.4 is 5.32 Å². The fraction of sp³-hybridized carbons (Fsp3) is 0.533. The first-order chi connectivity index (χ1) is 9.11. The molecule has 0 heterocycles. The van der Waals surface area contributed by atoms with Crippen molar-refractivity contribution in [1.29, 1.82) is 5.26 Å². The molecule has 2 rings (SSSR count). The van der Waals surface area contributed by atoms with Gasteiger partial charge in [0.25, 0.3) is 0 Å². The van der Waals surface area contributed by atoms with Gasteiger partial charge in [0.15, 0.2) is 0 Å². The molecule has 102 valence electrons. The van der Waals surface area contributed by atoms with Gasteiger partial charge in [0.05, 0.1) is 6.07 Å². The van der Waals surface area contributed by atoms with Crippen LogP contribution in [0.4, 0.5) is 0 Å². The lowest BCUT2D eigenvalue weighted by Crippen LogP contribution is -2.39. The number of nitriles is 1. The van der Waals surface area contributed by atoms with Crippen LogP contribution in [0.15, 0.2) is 18.2 Å². The molecule has 1 aliphatic rings. The summed E-state index contributed by atoms with van der Waals surface area (Å²) < 4.78 is 0. The molecule has 1 aliphatic carbocycles. The molecule has 1 fully saturated rings. The van der Waals surface area contributed by atoms with E-state index in [4.69, 9.17) is 23.2 Å². The fourth-order valence-corrected chi connectivity index (χ4v) is 3.23. The highest BCUT2D eigenvalue weighted by Gasteiger charge is 2.25. The van der Waals surface area contributed by atoms with Crippen molar-refractivity contribution >= 4 is 23.2 Å². The van der Waals surface area contributed by atoms with Crippen molar-refractivity contribution in [3.05, 3.63) is 33.8 Å². The van der Waals surface area contributed by atoms with Gasteiger partial charge in [-0.25, -0.2) is 0 Å². The summed E-state index contributed by atoms with van der Waals surface area (Å²) >= 11 is 12.1. The van der Waals surface area contributed by atoms with Gasteiger partial charge in [-0.15, -0.1) is 0 Å². The van der Waals surface area contributed by atoms with E-state index in [1.54, 1.807) is 12.1 Å². The van der Waals surface area contributed by atoms with E-state index < -0.39 is 0 Å². The molecular weight excluding hydrogens is 279 g/mol. The smallest absolute Gasteiger partial charge is 0.123 e. The van der Waals surface area contributed by atoms with E-state index in [2.05, 4.69) is 18.3 Å². The average Bonchev–Trinajstić information content (AvgIpc) is 2.39. The van der Waals surface area contributed by atoms with Crippen LogP contribution in [0.1, 0.15) is 44.2 Å². The lowest BCUT2D eigenvalue weighted by atomic mass is 9.85. The zero-order chi connectivity index (χ0) is 13.8. The maximum Gasteiger partial charge on any atom is 0.123 e. The second kappa shape index (κ2) is 6.61. The molecule has 0 saturated heterocycles. The molecule has 3 atom stereocenters. The van der Waals surface area contributed by atoms with E-state index in [0.717, 1.165) is 12.0 Å². The summed E-state index contributed by atoms with van der Waals surface area (Å²) in [6.07, 6.45) is 4.88. The first kappa shape index (κ1) is 14.7. The Morgan fingerprint density at radius 1 is 1.32 bits per heavy atom. The van der Waals surface area contributed by atoms with Gasteiger partial charge in [0.1, 0.15) is 6.04 Å². The van der Waals surface area contributed by atoms with E-state index in [1.807, 2.05) is 6.07 Å². The van der Waals surface area contributed by atoms with Crippen LogP contribution in [0.5, 0.6) is 0 Å². The van der Waals surface area contributed by atoms with Gasteiger partial charge < -0.3 is 0 Å². The van der Waals surface area contributed by atoms with E-state index in [9.17, 15) is 5.26 Å². The van der Waals surface area contributed by atoms with Crippen molar-refractivity contribution in [3.63, 3.8) is 0 Å². The average molecular weight is 297 g/mol. The summed E-state index contributed by atoms with van der Waals surface area (Å²) in [5.41, 5.74) is 0.811. The van der Waals surface area contributed by atoms with Crippen LogP contribution in [0.25, 0.3) is 0 Å². The monoisotopic (exact) mass is 296 g/mol. The molecule has 19 heavy (non-hydrogen) atoms. The van der Waals surface area contributed by atoms with Gasteiger partial charge in [-0.2, -0.15) is 5.26 Å². The Labute approximate surface area is 124 Å². The van der Waals surface area contributed by atoms with Crippen molar-refractivity contribution in [1.82, 2.24) is 5.32 Å². The zero-order valence-corrected chi connectivity index (χ0v) is 12.5. The zero-order valence-electron chi connectivity index (χ0n) is 11.0. The molecule has 0 bridgehead atoms. The molecule has 0 aromatic heterocycles. The molecule has 0 spiro atoms. The minimum atomic E-state index is -0.365. The second-order valence-electron chi connectivity index (χ2n) is 5.26. The van der Waals surface area contributed by atoms with Gasteiger partial charge in [-0.05, 0) is 30.9 Å². The summed E-state index contributed by atoms with van der Waals surface area (Å²) in [5.74, 6) is 0.607. The minimum absolute atomic E-state index is 0.365. The highest BCUT2D eigenvalue weighted by molar-refractivity contribution is 6.35. The highest BCUT2D eigenvalue weighted by Crippen LogP contribution is 2.29. The van der Waals surface area contributed by atoms with Gasteiger partial charge >= 0.3 is 0 Å². The third-order valence-corrected chi connectivity index (χ3v) is 4.46. The third kappa shape index (κ3) is 3.63. The summed E-state index contributed by atoms with van der Waals surface area (Å²) in [7, 11) is 0. The van der Waals surface area contributed by atoms with Crippen LogP contribution >= 0.6 is 23.2 Å². The molecule has 0 radical (unpaired) electrons. The predicted molar refractivity (Wildman–Crippen MR) is 79.4 cm³/mol. The molecule has 0 amide bonds. The Hall–Kier alpha value is -0.750. The summed E-state index contributed by atoms with van der Waals surface area (Å²) in [4.78, 5) is 0. The summed E-state index contributed by atoms with van der Waals surface area (Å²) in [6, 6.07) is 7.63. The normalized spacial score (nSPS) is 24.7. The Morgan fingerprint density at radius 2 is 2.05 bits per heavy atom. The molecule has 1 N–H and O–H groups in total. The number of nitrogens with one attached hydrogen (secondary N) is 1. The number of nitrogens with zero attached hydrogens (tertiary/aromatic N) is 1.